The molecule has 33 heavy (non-hydrogen) atoms. The molecule has 2 heterocycles. The van der Waals surface area contributed by atoms with Crippen molar-refractivity contribution < 1.29 is 38.8 Å². The van der Waals surface area contributed by atoms with E-state index in [0.29, 0.717) is 6.42 Å². The summed E-state index contributed by atoms with van der Waals surface area (Å²) in [7, 11) is -2.97. The van der Waals surface area contributed by atoms with Crippen LogP contribution < -0.4 is 10.5 Å². The number of fused-ring (bicyclic) bond motifs is 1. The van der Waals surface area contributed by atoms with Crippen LogP contribution in [0.4, 0.5) is 5.95 Å². The Kier molecular flexibility index (Phi) is 8.80. The number of rotatable bonds is 13. The number of nitrogens with zero attached hydrogens (tertiary/aromatic N) is 4. The molecule has 0 fully saturated rings. The van der Waals surface area contributed by atoms with Crippen molar-refractivity contribution in [3.8, 4) is 5.88 Å². The van der Waals surface area contributed by atoms with Gasteiger partial charge >= 0.3 is 7.60 Å². The molecule has 2 aromatic heterocycles. The minimum Gasteiger partial charge on any atom is -0.479 e. The Morgan fingerprint density at radius 3 is 2.48 bits per heavy atom. The predicted octanol–water partition coefficient (Wildman–Crippen LogP) is 1.16. The number of aromatic nitrogens is 4. The zero-order valence-electron chi connectivity index (χ0n) is 19.5. The SMILES string of the molecule is CCC(C)(CCO[C@H]([C@H](O)CO)n1cnc2c(OC)nc(N)nc21)OP(=O)(O)C(C)(O)CC. The van der Waals surface area contributed by atoms with Gasteiger partial charge in [-0.3, -0.25) is 9.13 Å². The highest BCUT2D eigenvalue weighted by Gasteiger charge is 2.46. The summed E-state index contributed by atoms with van der Waals surface area (Å²) in [5.74, 6) is 0.0640. The van der Waals surface area contributed by atoms with Gasteiger partial charge in [-0.25, -0.2) is 4.98 Å². The number of nitrogens with two attached hydrogens (primary N) is 1. The van der Waals surface area contributed by atoms with Gasteiger partial charge in [-0.2, -0.15) is 9.97 Å². The molecule has 13 nitrogen and oxygen atoms in total. The quantitative estimate of drug-likeness (QED) is 0.251. The standard InChI is InChI=1S/C19H34N5O8P/c1-6-18(3,32-33(28,29)19(4,27)7-2)8-9-31-16(12(26)10-25)24-11-21-13-14(24)22-17(20)23-15(13)30-5/h11-12,16,25-27H,6-10H2,1-5H3,(H,28,29)(H2,20,22,23)/t12-,16-,18?,19?/m1/s1. The zero-order valence-corrected chi connectivity index (χ0v) is 20.4. The van der Waals surface area contributed by atoms with E-state index in [4.69, 9.17) is 19.7 Å². The molecule has 3 unspecified atom stereocenters. The lowest BCUT2D eigenvalue weighted by molar-refractivity contribution is -0.107. The Morgan fingerprint density at radius 1 is 1.27 bits per heavy atom. The summed E-state index contributed by atoms with van der Waals surface area (Å²) in [5.41, 5.74) is 5.14. The first-order valence-electron chi connectivity index (χ1n) is 10.5. The molecular formula is C19H34N5O8P. The van der Waals surface area contributed by atoms with Gasteiger partial charge in [0.1, 0.15) is 6.10 Å². The van der Waals surface area contributed by atoms with Gasteiger partial charge in [-0.15, -0.1) is 0 Å². The molecule has 5 atom stereocenters. The minimum atomic E-state index is -4.37. The summed E-state index contributed by atoms with van der Waals surface area (Å²) in [4.78, 5) is 22.6. The highest BCUT2D eigenvalue weighted by Crippen LogP contribution is 2.58. The largest absolute Gasteiger partial charge is 0.479 e. The monoisotopic (exact) mass is 491 g/mol. The number of aliphatic hydroxyl groups is 3. The number of ether oxygens (including phenoxy) is 2. The molecule has 0 aliphatic rings. The van der Waals surface area contributed by atoms with Gasteiger partial charge in [0.15, 0.2) is 22.7 Å². The van der Waals surface area contributed by atoms with Crippen molar-refractivity contribution in [1.29, 1.82) is 0 Å². The van der Waals surface area contributed by atoms with Crippen LogP contribution in [0.25, 0.3) is 11.2 Å². The van der Waals surface area contributed by atoms with Crippen LogP contribution >= 0.6 is 7.60 Å². The molecule has 14 heteroatoms. The summed E-state index contributed by atoms with van der Waals surface area (Å²) in [6, 6.07) is 0. The van der Waals surface area contributed by atoms with Crippen molar-refractivity contribution >= 4 is 24.7 Å². The van der Waals surface area contributed by atoms with Gasteiger partial charge in [-0.05, 0) is 26.7 Å². The molecule has 0 saturated carbocycles. The number of hydrogen-bond acceptors (Lipinski definition) is 11. The van der Waals surface area contributed by atoms with Gasteiger partial charge in [0, 0.05) is 6.42 Å². The van der Waals surface area contributed by atoms with Crippen molar-refractivity contribution in [1.82, 2.24) is 19.5 Å². The lowest BCUT2D eigenvalue weighted by Gasteiger charge is -2.36. The summed E-state index contributed by atoms with van der Waals surface area (Å²) >= 11 is 0. The Morgan fingerprint density at radius 2 is 1.94 bits per heavy atom. The average Bonchev–Trinajstić information content (AvgIpc) is 3.18. The van der Waals surface area contributed by atoms with Gasteiger partial charge in [0.25, 0.3) is 0 Å². The highest BCUT2D eigenvalue weighted by atomic mass is 31.2. The second-order valence-corrected chi connectivity index (χ2v) is 10.3. The van der Waals surface area contributed by atoms with E-state index in [9.17, 15) is 24.8 Å². The first kappa shape index (κ1) is 27.4. The van der Waals surface area contributed by atoms with E-state index >= 15 is 0 Å². The lowest BCUT2D eigenvalue weighted by Crippen LogP contribution is -2.35. The van der Waals surface area contributed by atoms with Gasteiger partial charge in [-0.1, -0.05) is 13.8 Å². The third-order valence-electron chi connectivity index (χ3n) is 5.68. The van der Waals surface area contributed by atoms with Gasteiger partial charge < -0.3 is 39.9 Å². The maximum atomic E-state index is 12.6. The topological polar surface area (TPSA) is 195 Å². The van der Waals surface area contributed by atoms with E-state index < -0.39 is 37.5 Å². The van der Waals surface area contributed by atoms with Crippen LogP contribution in [-0.2, 0) is 13.8 Å². The van der Waals surface area contributed by atoms with E-state index in [-0.39, 0.29) is 42.4 Å². The van der Waals surface area contributed by atoms with Crippen LogP contribution in [0.3, 0.4) is 0 Å². The van der Waals surface area contributed by atoms with Crippen LogP contribution in [0.2, 0.25) is 0 Å². The fourth-order valence-corrected chi connectivity index (χ4v) is 4.40. The normalized spacial score (nSPS) is 19.4. The third-order valence-corrected chi connectivity index (χ3v) is 7.90. The molecule has 188 valence electrons. The van der Waals surface area contributed by atoms with Gasteiger partial charge in [0.2, 0.25) is 11.8 Å². The molecule has 0 radical (unpaired) electrons. The molecule has 0 aliphatic heterocycles. The molecule has 6 N–H and O–H groups in total. The number of anilines is 1. The summed E-state index contributed by atoms with van der Waals surface area (Å²) in [5, 5.41) is 28.3. The Bertz CT molecular complexity index is 986. The van der Waals surface area contributed by atoms with Crippen LogP contribution in [0.1, 0.15) is 53.2 Å². The fraction of sp³-hybridized carbons (Fsp3) is 0.737. The van der Waals surface area contributed by atoms with Crippen molar-refractivity contribution in [2.24, 2.45) is 0 Å². The maximum Gasteiger partial charge on any atom is 0.359 e. The second kappa shape index (κ2) is 10.6. The van der Waals surface area contributed by atoms with E-state index in [1.54, 1.807) is 20.8 Å². The minimum absolute atomic E-state index is 0.0301. The highest BCUT2D eigenvalue weighted by molar-refractivity contribution is 7.54. The molecular weight excluding hydrogens is 457 g/mol. The fourth-order valence-electron chi connectivity index (χ4n) is 2.98. The van der Waals surface area contributed by atoms with Gasteiger partial charge in [0.05, 0.1) is 32.3 Å². The van der Waals surface area contributed by atoms with Crippen molar-refractivity contribution in [3.05, 3.63) is 6.33 Å². The van der Waals surface area contributed by atoms with E-state index in [1.807, 2.05) is 0 Å². The van der Waals surface area contributed by atoms with Crippen molar-refractivity contribution in [3.63, 3.8) is 0 Å². The molecule has 0 saturated heterocycles. The Hall–Kier alpha value is -1.86. The predicted molar refractivity (Wildman–Crippen MR) is 120 cm³/mol. The van der Waals surface area contributed by atoms with Crippen LogP contribution in [0.5, 0.6) is 5.88 Å². The second-order valence-electron chi connectivity index (χ2n) is 8.16. The molecule has 0 aromatic carbocycles. The first-order chi connectivity index (χ1) is 15.3. The van der Waals surface area contributed by atoms with E-state index in [2.05, 4.69) is 15.0 Å². The average molecular weight is 491 g/mol. The Balaban J connectivity index is 2.25. The number of nitrogen functional groups attached to an aromatic ring is 1. The molecule has 0 spiro atoms. The van der Waals surface area contributed by atoms with E-state index in [0.717, 1.165) is 0 Å². The smallest absolute Gasteiger partial charge is 0.359 e. The lowest BCUT2D eigenvalue weighted by atomic mass is 10.0. The molecule has 0 amide bonds. The maximum absolute atomic E-state index is 12.6. The van der Waals surface area contributed by atoms with Crippen molar-refractivity contribution in [2.45, 2.75) is 70.2 Å². The van der Waals surface area contributed by atoms with Crippen LogP contribution in [0, 0.1) is 0 Å². The summed E-state index contributed by atoms with van der Waals surface area (Å²) < 4.78 is 30.5. The Labute approximate surface area is 192 Å². The van der Waals surface area contributed by atoms with E-state index in [1.165, 1.54) is 24.9 Å². The molecule has 0 aliphatic carbocycles. The first-order valence-corrected chi connectivity index (χ1v) is 12.1. The number of methoxy groups -OCH3 is 1. The number of aliphatic hydroxyl groups excluding tert-OH is 2. The number of hydrogen-bond donors (Lipinski definition) is 5. The third kappa shape index (κ3) is 5.99. The molecule has 2 rings (SSSR count). The molecule has 0 bridgehead atoms. The molecule has 2 aromatic rings. The van der Waals surface area contributed by atoms with Crippen molar-refractivity contribution in [2.75, 3.05) is 26.1 Å². The van der Waals surface area contributed by atoms with Crippen LogP contribution in [-0.4, -0.2) is 77.1 Å². The summed E-state index contributed by atoms with van der Waals surface area (Å²) in [6.45, 7) is 5.59. The van der Waals surface area contributed by atoms with Crippen LogP contribution in [0.15, 0.2) is 6.33 Å². The summed E-state index contributed by atoms with van der Waals surface area (Å²) in [6.07, 6.45) is -0.577. The zero-order chi connectivity index (χ0) is 25.0. The number of imidazole rings is 1.